The fraction of sp³-hybridized carbons (Fsp3) is 0.462. The lowest BCUT2D eigenvalue weighted by Gasteiger charge is -2.29. The number of hydrogen-bond donors (Lipinski definition) is 1. The highest BCUT2D eigenvalue weighted by Gasteiger charge is 2.17. The first kappa shape index (κ1) is 11.7. The van der Waals surface area contributed by atoms with Crippen LogP contribution in [0.1, 0.15) is 12.5 Å². The molecule has 2 N–H and O–H groups in total. The molecule has 0 bridgehead atoms. The first-order chi connectivity index (χ1) is 8.79. The minimum absolute atomic E-state index is 0.653. The van der Waals surface area contributed by atoms with Gasteiger partial charge < -0.3 is 15.4 Å². The number of ether oxygens (including phenoxy) is 1. The highest BCUT2D eigenvalue weighted by atomic mass is 32.1. The third-order valence-electron chi connectivity index (χ3n) is 3.36. The number of nitrogen functional groups attached to an aromatic ring is 1. The third kappa shape index (κ3) is 1.93. The van der Waals surface area contributed by atoms with Gasteiger partial charge in [0.2, 0.25) is 0 Å². The zero-order valence-corrected chi connectivity index (χ0v) is 11.3. The maximum atomic E-state index is 5.88. The van der Waals surface area contributed by atoms with Crippen LogP contribution >= 0.6 is 11.3 Å². The zero-order valence-electron chi connectivity index (χ0n) is 10.5. The van der Waals surface area contributed by atoms with Crippen LogP contribution < -0.4 is 10.6 Å². The van der Waals surface area contributed by atoms with Crippen LogP contribution in [0, 0.1) is 0 Å². The van der Waals surface area contributed by atoms with Crippen molar-refractivity contribution in [1.29, 1.82) is 0 Å². The molecule has 1 saturated heterocycles. The summed E-state index contributed by atoms with van der Waals surface area (Å²) < 4.78 is 6.62. The van der Waals surface area contributed by atoms with Gasteiger partial charge in [-0.3, -0.25) is 0 Å². The molecule has 0 radical (unpaired) electrons. The maximum Gasteiger partial charge on any atom is 0.181 e. The highest BCUT2D eigenvalue weighted by Crippen LogP contribution is 2.35. The molecular weight excluding hydrogens is 246 g/mol. The smallest absolute Gasteiger partial charge is 0.181 e. The number of aromatic nitrogens is 1. The average molecular weight is 263 g/mol. The lowest BCUT2D eigenvalue weighted by atomic mass is 10.1. The SMILES string of the molecule is CCc1ccc(N2CCOCC2)c2sc(N)nc12. The molecule has 0 spiro atoms. The summed E-state index contributed by atoms with van der Waals surface area (Å²) >= 11 is 1.59. The van der Waals surface area contributed by atoms with Gasteiger partial charge >= 0.3 is 0 Å². The molecule has 0 amide bonds. The van der Waals surface area contributed by atoms with E-state index >= 15 is 0 Å². The molecule has 2 aromatic rings. The Labute approximate surface area is 110 Å². The molecule has 4 nitrogen and oxygen atoms in total. The predicted octanol–water partition coefficient (Wildman–Crippen LogP) is 2.28. The Kier molecular flexibility index (Phi) is 3.09. The average Bonchev–Trinajstić information content (AvgIpc) is 2.80. The molecular formula is C13H17N3OS. The minimum Gasteiger partial charge on any atom is -0.378 e. The number of fused-ring (bicyclic) bond motifs is 1. The van der Waals surface area contributed by atoms with Crippen molar-refractivity contribution in [2.45, 2.75) is 13.3 Å². The summed E-state index contributed by atoms with van der Waals surface area (Å²) in [6, 6.07) is 4.37. The Bertz CT molecular complexity index is 561. The van der Waals surface area contributed by atoms with Gasteiger partial charge in [-0.15, -0.1) is 0 Å². The standard InChI is InChI=1S/C13H17N3OS/c1-2-9-3-4-10(16-5-7-17-8-6-16)12-11(9)15-13(14)18-12/h3-4H,2,5-8H2,1H3,(H2,14,15). The Balaban J connectivity index is 2.11. The largest absolute Gasteiger partial charge is 0.378 e. The second kappa shape index (κ2) is 4.74. The van der Waals surface area contributed by atoms with Crippen molar-refractivity contribution >= 4 is 32.4 Å². The maximum absolute atomic E-state index is 5.88. The number of aryl methyl sites for hydroxylation is 1. The van der Waals surface area contributed by atoms with Crippen LogP contribution in [0.15, 0.2) is 12.1 Å². The van der Waals surface area contributed by atoms with Crippen LogP contribution in [-0.2, 0) is 11.2 Å². The van der Waals surface area contributed by atoms with Gasteiger partial charge in [0, 0.05) is 13.1 Å². The first-order valence-corrected chi connectivity index (χ1v) is 7.12. The number of thiazole rings is 1. The van der Waals surface area contributed by atoms with Crippen molar-refractivity contribution in [2.75, 3.05) is 36.9 Å². The lowest BCUT2D eigenvalue weighted by molar-refractivity contribution is 0.123. The van der Waals surface area contributed by atoms with Gasteiger partial charge in [-0.05, 0) is 18.1 Å². The quantitative estimate of drug-likeness (QED) is 0.903. The summed E-state index contributed by atoms with van der Waals surface area (Å²) in [6.45, 7) is 5.63. The van der Waals surface area contributed by atoms with Crippen LogP contribution in [0.5, 0.6) is 0 Å². The third-order valence-corrected chi connectivity index (χ3v) is 4.26. The van der Waals surface area contributed by atoms with Crippen LogP contribution in [0.25, 0.3) is 10.2 Å². The van der Waals surface area contributed by atoms with E-state index in [9.17, 15) is 0 Å². The molecule has 2 heterocycles. The van der Waals surface area contributed by atoms with E-state index in [2.05, 4.69) is 28.9 Å². The molecule has 1 aliphatic heterocycles. The topological polar surface area (TPSA) is 51.4 Å². The molecule has 96 valence electrons. The van der Waals surface area contributed by atoms with Crippen LogP contribution in [-0.4, -0.2) is 31.3 Å². The highest BCUT2D eigenvalue weighted by molar-refractivity contribution is 7.22. The Morgan fingerprint density at radius 3 is 2.89 bits per heavy atom. The van der Waals surface area contributed by atoms with E-state index in [0.717, 1.165) is 38.2 Å². The molecule has 3 rings (SSSR count). The van der Waals surface area contributed by atoms with Gasteiger partial charge in [0.25, 0.3) is 0 Å². The Hall–Kier alpha value is -1.33. The van der Waals surface area contributed by atoms with Crippen molar-refractivity contribution in [3.63, 3.8) is 0 Å². The summed E-state index contributed by atoms with van der Waals surface area (Å²) in [5.41, 5.74) is 9.47. The van der Waals surface area contributed by atoms with E-state index in [4.69, 9.17) is 10.5 Å². The molecule has 18 heavy (non-hydrogen) atoms. The molecule has 1 aliphatic rings. The van der Waals surface area contributed by atoms with Crippen molar-refractivity contribution in [3.8, 4) is 0 Å². The normalized spacial score (nSPS) is 16.4. The van der Waals surface area contributed by atoms with Gasteiger partial charge in [0.05, 0.1) is 29.1 Å². The zero-order chi connectivity index (χ0) is 12.5. The fourth-order valence-corrected chi connectivity index (χ4v) is 3.32. The monoisotopic (exact) mass is 263 g/mol. The van der Waals surface area contributed by atoms with Gasteiger partial charge in [-0.2, -0.15) is 0 Å². The number of benzene rings is 1. The van der Waals surface area contributed by atoms with Crippen LogP contribution in [0.3, 0.4) is 0 Å². The molecule has 0 saturated carbocycles. The number of nitrogens with two attached hydrogens (primary N) is 1. The molecule has 5 heteroatoms. The fourth-order valence-electron chi connectivity index (χ4n) is 2.40. The van der Waals surface area contributed by atoms with E-state index in [1.807, 2.05) is 0 Å². The van der Waals surface area contributed by atoms with Gasteiger partial charge in [-0.25, -0.2) is 4.98 Å². The van der Waals surface area contributed by atoms with Gasteiger partial charge in [0.15, 0.2) is 5.13 Å². The van der Waals surface area contributed by atoms with E-state index < -0.39 is 0 Å². The van der Waals surface area contributed by atoms with E-state index in [1.165, 1.54) is 16.0 Å². The van der Waals surface area contributed by atoms with Crippen molar-refractivity contribution < 1.29 is 4.74 Å². The van der Waals surface area contributed by atoms with Gasteiger partial charge in [0.1, 0.15) is 0 Å². The number of anilines is 2. The van der Waals surface area contributed by atoms with E-state index in [0.29, 0.717) is 5.13 Å². The van der Waals surface area contributed by atoms with E-state index in [1.54, 1.807) is 11.3 Å². The second-order valence-corrected chi connectivity index (χ2v) is 5.46. The second-order valence-electron chi connectivity index (χ2n) is 4.43. The van der Waals surface area contributed by atoms with Crippen molar-refractivity contribution in [2.24, 2.45) is 0 Å². The summed E-state index contributed by atoms with van der Waals surface area (Å²) in [7, 11) is 0. The van der Waals surface area contributed by atoms with E-state index in [-0.39, 0.29) is 0 Å². The number of nitrogens with zero attached hydrogens (tertiary/aromatic N) is 2. The number of morpholine rings is 1. The Morgan fingerprint density at radius 2 is 2.17 bits per heavy atom. The molecule has 0 unspecified atom stereocenters. The summed E-state index contributed by atoms with van der Waals surface area (Å²) in [5, 5.41) is 0.653. The van der Waals surface area contributed by atoms with Gasteiger partial charge in [-0.1, -0.05) is 24.3 Å². The summed E-state index contributed by atoms with van der Waals surface area (Å²) in [4.78, 5) is 6.84. The van der Waals surface area contributed by atoms with Crippen molar-refractivity contribution in [3.05, 3.63) is 17.7 Å². The molecule has 1 aromatic carbocycles. The minimum atomic E-state index is 0.653. The summed E-state index contributed by atoms with van der Waals surface area (Å²) in [5.74, 6) is 0. The molecule has 0 aliphatic carbocycles. The summed E-state index contributed by atoms with van der Waals surface area (Å²) in [6.07, 6.45) is 0.989. The molecule has 1 fully saturated rings. The van der Waals surface area contributed by atoms with Crippen molar-refractivity contribution in [1.82, 2.24) is 4.98 Å². The first-order valence-electron chi connectivity index (χ1n) is 6.30. The number of rotatable bonds is 2. The lowest BCUT2D eigenvalue weighted by Crippen LogP contribution is -2.36. The molecule has 1 aromatic heterocycles. The molecule has 0 atom stereocenters. The number of hydrogen-bond acceptors (Lipinski definition) is 5. The van der Waals surface area contributed by atoms with Crippen LogP contribution in [0.2, 0.25) is 0 Å². The Morgan fingerprint density at radius 1 is 1.39 bits per heavy atom. The predicted molar refractivity (Wildman–Crippen MR) is 76.4 cm³/mol. The van der Waals surface area contributed by atoms with Crippen LogP contribution in [0.4, 0.5) is 10.8 Å².